The van der Waals surface area contributed by atoms with Crippen LogP contribution in [0.5, 0.6) is 5.75 Å². The Balaban J connectivity index is 1.30. The van der Waals surface area contributed by atoms with E-state index in [-0.39, 0.29) is 0 Å². The zero-order valence-corrected chi connectivity index (χ0v) is 36.5. The lowest BCUT2D eigenvalue weighted by molar-refractivity contribution is 0.609. The summed E-state index contributed by atoms with van der Waals surface area (Å²) in [6.45, 7) is 6.69. The third-order valence-electron chi connectivity index (χ3n) is 10.2. The minimum atomic E-state index is -1.01. The average molecular weight is 838 g/mol. The Bertz CT molecular complexity index is 2420. The molecule has 1 atom stereocenters. The largest absolute Gasteiger partial charge is 0.452 e. The fourth-order valence-electron chi connectivity index (χ4n) is 7.70. The van der Waals surface area contributed by atoms with Gasteiger partial charge in [0.15, 0.2) is 8.30 Å². The normalized spacial score (nSPS) is 12.3. The second-order valence-corrected chi connectivity index (χ2v) is 21.9. The summed E-state index contributed by atoms with van der Waals surface area (Å²) in [5, 5.41) is 0. The zero-order chi connectivity index (χ0) is 39.4. The summed E-state index contributed by atoms with van der Waals surface area (Å²) in [5.41, 5.74) is 8.92. The Labute approximate surface area is 346 Å². The van der Waals surface area contributed by atoms with E-state index in [1.807, 2.05) is 0 Å². The summed E-state index contributed by atoms with van der Waals surface area (Å²) >= 11 is 0. The van der Waals surface area contributed by atoms with E-state index in [0.29, 0.717) is 0 Å². The number of nitrogens with zero attached hydrogens (tertiary/aromatic N) is 7. The molecule has 58 heavy (non-hydrogen) atoms. The predicted octanol–water partition coefficient (Wildman–Crippen LogP) is 13.2. The number of hydrogen-bond donors (Lipinski definition) is 0. The van der Waals surface area contributed by atoms with Gasteiger partial charge < -0.3 is 34.9 Å². The minimum Gasteiger partial charge on any atom is -0.452 e. The van der Waals surface area contributed by atoms with Crippen molar-refractivity contribution < 1.29 is 4.52 Å². The van der Waals surface area contributed by atoms with Gasteiger partial charge in [-0.25, -0.2) is 0 Å². The Kier molecular flexibility index (Phi) is 11.5. The number of aromatic nitrogens is 7. The molecule has 0 fully saturated rings. The molecule has 0 bridgehead atoms. The maximum absolute atomic E-state index is 7.28. The Morgan fingerprint density at radius 3 is 0.931 bits per heavy atom. The van der Waals surface area contributed by atoms with E-state index < -0.39 is 33.0 Å². The van der Waals surface area contributed by atoms with Crippen molar-refractivity contribution in [2.24, 2.45) is 0 Å². The molecule has 0 saturated carbocycles. The van der Waals surface area contributed by atoms with Crippen molar-refractivity contribution in [3.05, 3.63) is 224 Å². The molecule has 292 valence electrons. The monoisotopic (exact) mass is 837 g/mol. The lowest BCUT2D eigenvalue weighted by Crippen LogP contribution is -2.09. The smallest absolute Gasteiger partial charge is 0.192 e. The van der Waals surface area contributed by atoms with Crippen molar-refractivity contribution in [3.8, 4) is 16.9 Å². The van der Waals surface area contributed by atoms with Crippen LogP contribution in [0.1, 0.15) is 27.8 Å². The molecule has 0 aliphatic heterocycles. The predicted molar refractivity (Wildman–Crippen MR) is 246 cm³/mol. The van der Waals surface area contributed by atoms with Gasteiger partial charge in [0.1, 0.15) is 30.4 Å². The minimum absolute atomic E-state index is 0.831. The van der Waals surface area contributed by atoms with E-state index in [1.54, 1.807) is 0 Å². The Morgan fingerprint density at radius 1 is 0.362 bits per heavy atom. The standard InChI is InChI=1S/C46H47N7OP4/c1-39-32-41(36-56(48-20-6-7-21-48)49-22-8-9-23-49)45(42(33-39)37-57(50-24-10-11-25-50)51-26-12-13-27-51)46-43(38-58(52-28-14-15-29-52)53-30-16-17-31-53)34-40(2)35-44(46)54-55(3)47-18-4-5-19-47/h4-35H,36-38H2,1-3H3. The summed E-state index contributed by atoms with van der Waals surface area (Å²) in [4.78, 5) is 0. The SMILES string of the molecule is Cc1cc(CP(n2cccc2)n2cccc2)c(-c2c(CP(n3cccc3)n3cccc3)cc(C)cc2OP(C)n2cccc2)c(CP(n2cccc2)n2cccc2)c1. The van der Waals surface area contributed by atoms with Gasteiger partial charge in [0.2, 0.25) is 0 Å². The first-order valence-electron chi connectivity index (χ1n) is 19.4. The average Bonchev–Trinajstić information content (AvgIpc) is 4.09. The third kappa shape index (κ3) is 8.26. The topological polar surface area (TPSA) is 43.7 Å². The first kappa shape index (κ1) is 38.4. The van der Waals surface area contributed by atoms with Crippen molar-refractivity contribution >= 4 is 33.0 Å². The van der Waals surface area contributed by atoms with Gasteiger partial charge in [-0.05, 0) is 133 Å². The van der Waals surface area contributed by atoms with Gasteiger partial charge in [-0.2, -0.15) is 0 Å². The van der Waals surface area contributed by atoms with E-state index in [9.17, 15) is 0 Å². The summed E-state index contributed by atoms with van der Waals surface area (Å²) in [5.74, 6) is 0.941. The fraction of sp³-hybridized carbons (Fsp3) is 0.130. The molecule has 8 nitrogen and oxygen atoms in total. The van der Waals surface area contributed by atoms with Crippen molar-refractivity contribution in [1.82, 2.24) is 30.4 Å². The van der Waals surface area contributed by atoms with Crippen molar-refractivity contribution in [3.63, 3.8) is 0 Å². The lowest BCUT2D eigenvalue weighted by Gasteiger charge is -2.29. The zero-order valence-electron chi connectivity index (χ0n) is 32.9. The van der Waals surface area contributed by atoms with Gasteiger partial charge in [0, 0.05) is 117 Å². The summed E-state index contributed by atoms with van der Waals surface area (Å²) in [6, 6.07) is 39.4. The molecular formula is C46H47N7OP4. The highest BCUT2D eigenvalue weighted by Crippen LogP contribution is 2.54. The van der Waals surface area contributed by atoms with Crippen LogP contribution >= 0.6 is 33.0 Å². The van der Waals surface area contributed by atoms with Crippen LogP contribution in [0.15, 0.2) is 196 Å². The molecule has 12 heteroatoms. The number of benzene rings is 2. The Morgan fingerprint density at radius 2 is 0.621 bits per heavy atom. The van der Waals surface area contributed by atoms with Crippen LogP contribution in [0.2, 0.25) is 0 Å². The van der Waals surface area contributed by atoms with E-state index in [4.69, 9.17) is 4.52 Å². The van der Waals surface area contributed by atoms with Gasteiger partial charge in [0.25, 0.3) is 0 Å². The second-order valence-electron chi connectivity index (χ2n) is 14.3. The number of rotatable bonds is 16. The maximum Gasteiger partial charge on any atom is 0.192 e. The third-order valence-corrected chi connectivity index (χ3v) is 18.3. The van der Waals surface area contributed by atoms with Crippen LogP contribution in [-0.4, -0.2) is 37.0 Å². The van der Waals surface area contributed by atoms with Crippen LogP contribution in [-0.2, 0) is 18.5 Å². The van der Waals surface area contributed by atoms with E-state index in [2.05, 4.69) is 247 Å². The van der Waals surface area contributed by atoms with Crippen LogP contribution in [0.25, 0.3) is 11.1 Å². The van der Waals surface area contributed by atoms with Crippen LogP contribution in [0.4, 0.5) is 0 Å². The maximum atomic E-state index is 7.28. The van der Waals surface area contributed by atoms with Gasteiger partial charge in [-0.1, -0.05) is 23.8 Å². The van der Waals surface area contributed by atoms with Crippen LogP contribution < -0.4 is 4.52 Å². The van der Waals surface area contributed by atoms with E-state index in [1.165, 1.54) is 38.9 Å². The first-order chi connectivity index (χ1) is 28.5. The van der Waals surface area contributed by atoms with Crippen LogP contribution in [0, 0.1) is 13.8 Å². The molecule has 0 radical (unpaired) electrons. The highest BCUT2D eigenvalue weighted by Gasteiger charge is 2.28. The molecule has 9 rings (SSSR count). The molecule has 2 aromatic carbocycles. The molecule has 1 unspecified atom stereocenters. The summed E-state index contributed by atoms with van der Waals surface area (Å²) in [6.07, 6.45) is 33.3. The Hall–Kier alpha value is -5.08. The molecule has 0 amide bonds. The van der Waals surface area contributed by atoms with Gasteiger partial charge in [-0.15, -0.1) is 0 Å². The summed E-state index contributed by atoms with van der Waals surface area (Å²) in [7, 11) is -3.55. The van der Waals surface area contributed by atoms with E-state index >= 15 is 0 Å². The van der Waals surface area contributed by atoms with E-state index in [0.717, 1.165) is 24.2 Å². The second kappa shape index (κ2) is 17.4. The summed E-state index contributed by atoms with van der Waals surface area (Å²) < 4.78 is 23.9. The van der Waals surface area contributed by atoms with Gasteiger partial charge in [0.05, 0.1) is 0 Å². The molecule has 7 heterocycles. The van der Waals surface area contributed by atoms with Crippen molar-refractivity contribution in [2.45, 2.75) is 32.3 Å². The molecule has 0 spiro atoms. The van der Waals surface area contributed by atoms with Gasteiger partial charge >= 0.3 is 0 Å². The molecule has 0 aliphatic rings. The van der Waals surface area contributed by atoms with Crippen LogP contribution in [0.3, 0.4) is 0 Å². The highest BCUT2D eigenvalue weighted by molar-refractivity contribution is 7.54. The molecule has 0 N–H and O–H groups in total. The van der Waals surface area contributed by atoms with Crippen molar-refractivity contribution in [2.75, 3.05) is 6.66 Å². The first-order valence-corrected chi connectivity index (χ1v) is 25.4. The molecule has 0 saturated heterocycles. The number of aryl methyl sites for hydroxylation is 2. The quantitative estimate of drug-likeness (QED) is 0.0894. The molecule has 7 aromatic heterocycles. The lowest BCUT2D eigenvalue weighted by atomic mass is 9.89. The number of hydrogen-bond acceptors (Lipinski definition) is 1. The fourth-order valence-corrected chi connectivity index (χ4v) is 14.9. The van der Waals surface area contributed by atoms with Gasteiger partial charge in [-0.3, -0.25) is 0 Å². The molecule has 0 aliphatic carbocycles. The highest BCUT2D eigenvalue weighted by atomic mass is 31.2. The molecule has 9 aromatic rings. The molecular weight excluding hydrogens is 790 g/mol. The van der Waals surface area contributed by atoms with Crippen molar-refractivity contribution in [1.29, 1.82) is 0 Å².